The van der Waals surface area contributed by atoms with Crippen molar-refractivity contribution < 1.29 is 40.3 Å². The van der Waals surface area contributed by atoms with Crippen molar-refractivity contribution in [2.45, 2.75) is 43.9 Å². The van der Waals surface area contributed by atoms with Crippen molar-refractivity contribution in [1.82, 2.24) is 4.98 Å². The number of fused-ring (bicyclic) bond motifs is 4. The smallest absolute Gasteiger partial charge is 0.303 e. The van der Waals surface area contributed by atoms with Crippen molar-refractivity contribution in [2.75, 3.05) is 30.3 Å². The Bertz CT molecular complexity index is 1830. The van der Waals surface area contributed by atoms with Crippen molar-refractivity contribution in [3.8, 4) is 11.5 Å². The third-order valence-corrected chi connectivity index (χ3v) is 8.28. The lowest BCUT2D eigenvalue weighted by Gasteiger charge is -2.23. The van der Waals surface area contributed by atoms with Crippen LogP contribution in [0.2, 0.25) is 0 Å². The number of aromatic nitrogens is 1. The summed E-state index contributed by atoms with van der Waals surface area (Å²) in [5.74, 6) is -0.853. The summed E-state index contributed by atoms with van der Waals surface area (Å²) in [6, 6.07) is 11.2. The van der Waals surface area contributed by atoms with Crippen molar-refractivity contribution in [1.29, 1.82) is 0 Å². The highest BCUT2D eigenvalue weighted by Crippen LogP contribution is 2.33. The molecule has 1 aliphatic carbocycles. The number of anilines is 1. The van der Waals surface area contributed by atoms with Gasteiger partial charge in [-0.25, -0.2) is 4.98 Å². The molecule has 41 heavy (non-hydrogen) atoms. The lowest BCUT2D eigenvalue weighted by Crippen LogP contribution is -2.25. The minimum atomic E-state index is -4.48. The van der Waals surface area contributed by atoms with Gasteiger partial charge in [-0.15, -0.1) is 0 Å². The number of aliphatic carboxylic acids is 1. The fourth-order valence-electron chi connectivity index (χ4n) is 4.61. The van der Waals surface area contributed by atoms with Crippen LogP contribution in [0.3, 0.4) is 0 Å². The van der Waals surface area contributed by atoms with Gasteiger partial charge in [0.1, 0.15) is 11.2 Å². The Morgan fingerprint density at radius 3 is 2.44 bits per heavy atom. The van der Waals surface area contributed by atoms with Crippen LogP contribution in [-0.2, 0) is 25.0 Å². The summed E-state index contributed by atoms with van der Waals surface area (Å²) in [5.41, 5.74) is 2.08. The van der Waals surface area contributed by atoms with Crippen LogP contribution in [0.25, 0.3) is 33.3 Å². The van der Waals surface area contributed by atoms with Gasteiger partial charge in [-0.05, 0) is 50.5 Å². The molecule has 14 heteroatoms. The first kappa shape index (κ1) is 30.4. The second-order valence-electron chi connectivity index (χ2n) is 9.60. The Kier molecular flexibility index (Phi) is 9.27. The molecule has 12 nitrogen and oxygen atoms in total. The highest BCUT2D eigenvalue weighted by Gasteiger charge is 2.19. The molecule has 0 aromatic heterocycles. The van der Waals surface area contributed by atoms with Gasteiger partial charge in [0, 0.05) is 54.6 Å². The van der Waals surface area contributed by atoms with Crippen LogP contribution in [0.1, 0.15) is 39.0 Å². The number of nitrogens with zero attached hydrogens (tertiary/aromatic N) is 3. The summed E-state index contributed by atoms with van der Waals surface area (Å²) in [6.07, 6.45) is 2.22. The largest absolute Gasteiger partial charge is 0.481 e. The Morgan fingerprint density at radius 1 is 0.976 bits per heavy atom. The van der Waals surface area contributed by atoms with Crippen LogP contribution in [-0.4, -0.2) is 67.4 Å². The zero-order chi connectivity index (χ0) is 29.8. The Balaban J connectivity index is 1.78. The molecule has 2 aromatic rings. The zero-order valence-electron chi connectivity index (χ0n) is 22.4. The number of hydrogen-bond donors (Lipinski definition) is 3. The Morgan fingerprint density at radius 2 is 1.76 bits per heavy atom. The first-order chi connectivity index (χ1) is 19.4. The standard InChI is InChI=1S/C27H31N3O9S2/c1-2-30(13-6-14-40(33,34)35)18-8-11-22-24(15-18)39-25-17-23(28-12-5-3-4-7-26(31)32)20-10-9-19(41(36,37)38)16-21(20)27(25)29-22/h8-11,15-17H,2-7,12-14H2,1H3,(H,31,32)(H,33,34,35)(H,36,37,38). The van der Waals surface area contributed by atoms with E-state index < -0.39 is 26.2 Å². The molecule has 0 saturated carbocycles. The molecule has 0 atom stereocenters. The minimum absolute atomic E-state index is 0.0902. The minimum Gasteiger partial charge on any atom is -0.481 e. The number of carboxylic acids is 1. The lowest BCUT2D eigenvalue weighted by atomic mass is 10.0. The molecule has 2 aliphatic rings. The molecule has 3 N–H and O–H groups in total. The number of unbranched alkanes of at least 4 members (excludes halogenated alkanes) is 2. The molecule has 4 rings (SSSR count). The van der Waals surface area contributed by atoms with Crippen molar-refractivity contribution in [3.63, 3.8) is 0 Å². The SMILES string of the molecule is CCN(CCCS(=O)(=O)O)c1ccc2nc3c4cc(S(=O)(=O)O)ccc4c(=NCCCCCC(=O)O)cc-3oc2c1. The first-order valence-corrected chi connectivity index (χ1v) is 16.1. The van der Waals surface area contributed by atoms with Gasteiger partial charge < -0.3 is 14.4 Å². The van der Waals surface area contributed by atoms with Gasteiger partial charge in [0.25, 0.3) is 20.2 Å². The van der Waals surface area contributed by atoms with E-state index >= 15 is 0 Å². The summed E-state index contributed by atoms with van der Waals surface area (Å²) in [5, 5.41) is 10.4. The van der Waals surface area contributed by atoms with E-state index in [1.165, 1.54) is 12.1 Å². The third kappa shape index (κ3) is 7.79. The van der Waals surface area contributed by atoms with Crippen molar-refractivity contribution in [2.24, 2.45) is 4.99 Å². The number of benzene rings is 3. The fraction of sp³-hybridized carbons (Fsp3) is 0.370. The second-order valence-corrected chi connectivity index (χ2v) is 12.6. The average Bonchev–Trinajstić information content (AvgIpc) is 2.90. The van der Waals surface area contributed by atoms with E-state index in [2.05, 4.69) is 4.99 Å². The van der Waals surface area contributed by atoms with E-state index in [1.54, 1.807) is 24.3 Å². The van der Waals surface area contributed by atoms with E-state index in [-0.39, 0.29) is 23.5 Å². The number of hydrogen-bond acceptors (Lipinski definition) is 9. The molecule has 0 amide bonds. The molecule has 0 bridgehead atoms. The van der Waals surface area contributed by atoms with E-state index in [0.29, 0.717) is 77.6 Å². The summed E-state index contributed by atoms with van der Waals surface area (Å²) < 4.78 is 70.9. The summed E-state index contributed by atoms with van der Waals surface area (Å²) in [7, 11) is -8.54. The number of rotatable bonds is 13. The average molecular weight is 606 g/mol. The van der Waals surface area contributed by atoms with Gasteiger partial charge in [0.05, 0.1) is 16.0 Å². The lowest BCUT2D eigenvalue weighted by molar-refractivity contribution is -0.137. The molecule has 2 aromatic carbocycles. The van der Waals surface area contributed by atoms with Crippen LogP contribution in [0.4, 0.5) is 5.69 Å². The van der Waals surface area contributed by atoms with Gasteiger partial charge in [0.2, 0.25) is 0 Å². The molecule has 0 saturated heterocycles. The molecule has 0 spiro atoms. The van der Waals surface area contributed by atoms with Gasteiger partial charge in [0.15, 0.2) is 11.3 Å². The van der Waals surface area contributed by atoms with E-state index in [1.807, 2.05) is 17.9 Å². The summed E-state index contributed by atoms with van der Waals surface area (Å²) >= 11 is 0. The third-order valence-electron chi connectivity index (χ3n) is 6.62. The quantitative estimate of drug-likeness (QED) is 0.0865. The van der Waals surface area contributed by atoms with Crippen molar-refractivity contribution in [3.05, 3.63) is 47.8 Å². The van der Waals surface area contributed by atoms with Crippen LogP contribution < -0.4 is 10.3 Å². The maximum absolute atomic E-state index is 11.9. The second kappa shape index (κ2) is 12.5. The topological polar surface area (TPSA) is 188 Å². The number of carbonyl (C=O) groups is 1. The van der Waals surface area contributed by atoms with Crippen LogP contribution >= 0.6 is 0 Å². The molecule has 220 valence electrons. The van der Waals surface area contributed by atoms with E-state index in [0.717, 1.165) is 5.69 Å². The Labute approximate surface area is 237 Å². The maximum atomic E-state index is 11.9. The van der Waals surface area contributed by atoms with Gasteiger partial charge in [-0.1, -0.05) is 12.5 Å². The molecular formula is C27H31N3O9S2. The number of carboxylic acid groups (broad SMARTS) is 1. The first-order valence-electron chi connectivity index (χ1n) is 13.1. The molecule has 1 heterocycles. The van der Waals surface area contributed by atoms with Crippen LogP contribution in [0, 0.1) is 0 Å². The monoisotopic (exact) mass is 605 g/mol. The van der Waals surface area contributed by atoms with Gasteiger partial charge >= 0.3 is 5.97 Å². The zero-order valence-corrected chi connectivity index (χ0v) is 24.0. The molecule has 1 aliphatic heterocycles. The normalized spacial score (nSPS) is 12.9. The molecule has 0 fully saturated rings. The predicted octanol–water partition coefficient (Wildman–Crippen LogP) is 3.98. The van der Waals surface area contributed by atoms with Gasteiger partial charge in [-0.2, -0.15) is 16.8 Å². The summed E-state index contributed by atoms with van der Waals surface area (Å²) in [6.45, 7) is 3.31. The molecule has 0 unspecified atom stereocenters. The predicted molar refractivity (Wildman–Crippen MR) is 153 cm³/mol. The molecule has 0 radical (unpaired) electrons. The Hall–Kier alpha value is -3.59. The fourth-order valence-corrected chi connectivity index (χ4v) is 5.62. The van der Waals surface area contributed by atoms with E-state index in [9.17, 15) is 26.2 Å². The maximum Gasteiger partial charge on any atom is 0.303 e. The van der Waals surface area contributed by atoms with Crippen LogP contribution in [0.15, 0.2) is 56.8 Å². The van der Waals surface area contributed by atoms with Crippen molar-refractivity contribution >= 4 is 53.8 Å². The van der Waals surface area contributed by atoms with E-state index in [4.69, 9.17) is 19.1 Å². The highest BCUT2D eigenvalue weighted by atomic mass is 32.2. The highest BCUT2D eigenvalue weighted by molar-refractivity contribution is 7.86. The molecular weight excluding hydrogens is 574 g/mol. The van der Waals surface area contributed by atoms with Crippen LogP contribution in [0.5, 0.6) is 0 Å². The van der Waals surface area contributed by atoms with Gasteiger partial charge in [-0.3, -0.25) is 18.9 Å². The summed E-state index contributed by atoms with van der Waals surface area (Å²) in [4.78, 5) is 21.8.